The molecule has 3 heteroatoms. The van der Waals surface area contributed by atoms with Crippen molar-refractivity contribution in [3.8, 4) is 0 Å². The van der Waals surface area contributed by atoms with Crippen molar-refractivity contribution in [3.05, 3.63) is 48.7 Å². The minimum Gasteiger partial charge on any atom is -0.471 e. The predicted molar refractivity (Wildman–Crippen MR) is 52.5 cm³/mol. The van der Waals surface area contributed by atoms with Crippen LogP contribution >= 0.6 is 11.8 Å². The van der Waals surface area contributed by atoms with Gasteiger partial charge in [0.2, 0.25) is 0 Å². The van der Waals surface area contributed by atoms with Crippen LogP contribution in [-0.2, 0) is 5.75 Å². The van der Waals surface area contributed by atoms with Gasteiger partial charge in [0, 0.05) is 16.8 Å². The Morgan fingerprint density at radius 1 is 1.31 bits per heavy atom. The van der Waals surface area contributed by atoms with Crippen molar-refractivity contribution >= 4 is 11.8 Å². The lowest BCUT2D eigenvalue weighted by atomic mass is 10.4. The largest absolute Gasteiger partial charge is 0.471 e. The lowest BCUT2D eigenvalue weighted by molar-refractivity contribution is 0.562. The molecule has 0 aliphatic heterocycles. The lowest BCUT2D eigenvalue weighted by Crippen LogP contribution is -1.83. The fourth-order valence-corrected chi connectivity index (χ4v) is 1.74. The third kappa shape index (κ3) is 2.36. The lowest BCUT2D eigenvalue weighted by Gasteiger charge is -1.96. The van der Waals surface area contributed by atoms with Gasteiger partial charge >= 0.3 is 0 Å². The number of nitrogens with zero attached hydrogens (tertiary/aromatic N) is 1. The highest BCUT2D eigenvalue weighted by atomic mass is 32.2. The summed E-state index contributed by atoms with van der Waals surface area (Å²) in [6.07, 6.45) is 5.24. The van der Waals surface area contributed by atoms with Crippen molar-refractivity contribution in [2.24, 2.45) is 0 Å². The minimum absolute atomic E-state index is 0.889. The van der Waals surface area contributed by atoms with Gasteiger partial charge in [0.1, 0.15) is 6.26 Å². The van der Waals surface area contributed by atoms with Crippen molar-refractivity contribution in [2.45, 2.75) is 10.6 Å². The SMILES string of the molecule is c1ccc(CSc2ccoc2)nc1. The van der Waals surface area contributed by atoms with E-state index in [-0.39, 0.29) is 0 Å². The Morgan fingerprint density at radius 3 is 3.00 bits per heavy atom. The molecule has 66 valence electrons. The molecule has 2 nitrogen and oxygen atoms in total. The maximum Gasteiger partial charge on any atom is 0.104 e. The molecule has 2 heterocycles. The molecule has 0 unspecified atom stereocenters. The highest BCUT2D eigenvalue weighted by Gasteiger charge is 1.96. The number of aromatic nitrogens is 1. The van der Waals surface area contributed by atoms with Crippen LogP contribution in [0.2, 0.25) is 0 Å². The molecule has 0 saturated heterocycles. The molecule has 2 aromatic heterocycles. The Kier molecular flexibility index (Phi) is 2.67. The fraction of sp³-hybridized carbons (Fsp3) is 0.100. The Labute approximate surface area is 81.0 Å². The first kappa shape index (κ1) is 8.38. The van der Waals surface area contributed by atoms with E-state index in [1.165, 1.54) is 0 Å². The van der Waals surface area contributed by atoms with Crippen molar-refractivity contribution in [3.63, 3.8) is 0 Å². The van der Waals surface area contributed by atoms with E-state index in [9.17, 15) is 0 Å². The molecule has 13 heavy (non-hydrogen) atoms. The number of thioether (sulfide) groups is 1. The van der Waals surface area contributed by atoms with Gasteiger partial charge in [-0.05, 0) is 18.2 Å². The Hall–Kier alpha value is -1.22. The van der Waals surface area contributed by atoms with Gasteiger partial charge in [-0.1, -0.05) is 6.07 Å². The maximum absolute atomic E-state index is 4.96. The van der Waals surface area contributed by atoms with Crippen LogP contribution in [0, 0.1) is 0 Å². The first-order valence-corrected chi connectivity index (χ1v) is 4.98. The van der Waals surface area contributed by atoms with E-state index in [0.717, 1.165) is 16.3 Å². The number of hydrogen-bond donors (Lipinski definition) is 0. The molecule has 0 spiro atoms. The second kappa shape index (κ2) is 4.14. The average Bonchev–Trinajstić information content (AvgIpc) is 2.69. The van der Waals surface area contributed by atoms with Gasteiger partial charge in [-0.2, -0.15) is 0 Å². The number of hydrogen-bond acceptors (Lipinski definition) is 3. The summed E-state index contributed by atoms with van der Waals surface area (Å²) in [6.45, 7) is 0. The van der Waals surface area contributed by atoms with Gasteiger partial charge in [-0.3, -0.25) is 4.98 Å². The van der Waals surface area contributed by atoms with E-state index < -0.39 is 0 Å². The van der Waals surface area contributed by atoms with Crippen LogP contribution in [-0.4, -0.2) is 4.98 Å². The molecular weight excluding hydrogens is 182 g/mol. The summed E-state index contributed by atoms with van der Waals surface area (Å²) in [5.74, 6) is 0.889. The molecule has 0 aliphatic carbocycles. The van der Waals surface area contributed by atoms with E-state index >= 15 is 0 Å². The van der Waals surface area contributed by atoms with Gasteiger partial charge in [-0.25, -0.2) is 0 Å². The molecule has 0 atom stereocenters. The second-order valence-corrected chi connectivity index (χ2v) is 3.62. The van der Waals surface area contributed by atoms with Gasteiger partial charge in [0.05, 0.1) is 12.0 Å². The Morgan fingerprint density at radius 2 is 2.31 bits per heavy atom. The zero-order valence-corrected chi connectivity index (χ0v) is 7.83. The molecule has 2 aromatic rings. The van der Waals surface area contributed by atoms with Gasteiger partial charge in [0.15, 0.2) is 0 Å². The topological polar surface area (TPSA) is 26.0 Å². The third-order valence-electron chi connectivity index (χ3n) is 1.61. The van der Waals surface area contributed by atoms with Crippen molar-refractivity contribution in [1.82, 2.24) is 4.98 Å². The summed E-state index contributed by atoms with van der Waals surface area (Å²) in [5, 5.41) is 0. The summed E-state index contributed by atoms with van der Waals surface area (Å²) < 4.78 is 4.96. The molecule has 0 N–H and O–H groups in total. The molecule has 0 aromatic carbocycles. The van der Waals surface area contributed by atoms with Crippen LogP contribution in [0.15, 0.2) is 52.3 Å². The standard InChI is InChI=1S/C10H9NOS/c1-2-5-11-9(3-1)8-13-10-4-6-12-7-10/h1-7H,8H2. The first-order chi connectivity index (χ1) is 6.45. The van der Waals surface area contributed by atoms with Crippen LogP contribution in [0.25, 0.3) is 0 Å². The van der Waals surface area contributed by atoms with Crippen molar-refractivity contribution < 1.29 is 4.42 Å². The van der Waals surface area contributed by atoms with Crippen molar-refractivity contribution in [2.75, 3.05) is 0 Å². The highest BCUT2D eigenvalue weighted by molar-refractivity contribution is 7.98. The molecule has 0 saturated carbocycles. The Balaban J connectivity index is 1.94. The van der Waals surface area contributed by atoms with E-state index in [0.29, 0.717) is 0 Å². The zero-order chi connectivity index (χ0) is 8.93. The predicted octanol–water partition coefficient (Wildman–Crippen LogP) is 2.97. The highest BCUT2D eigenvalue weighted by Crippen LogP contribution is 2.21. The molecular formula is C10H9NOS. The van der Waals surface area contributed by atoms with Crippen LogP contribution in [0.5, 0.6) is 0 Å². The molecule has 2 rings (SSSR count). The van der Waals surface area contributed by atoms with E-state index in [2.05, 4.69) is 4.98 Å². The average molecular weight is 191 g/mol. The zero-order valence-electron chi connectivity index (χ0n) is 7.01. The van der Waals surface area contributed by atoms with E-state index in [1.807, 2.05) is 30.5 Å². The fourth-order valence-electron chi connectivity index (χ4n) is 0.975. The van der Waals surface area contributed by atoms with Gasteiger partial charge in [0.25, 0.3) is 0 Å². The van der Waals surface area contributed by atoms with Crippen LogP contribution in [0.3, 0.4) is 0 Å². The van der Waals surface area contributed by atoms with Crippen LogP contribution < -0.4 is 0 Å². The summed E-state index contributed by atoms with van der Waals surface area (Å²) in [5.41, 5.74) is 1.09. The summed E-state index contributed by atoms with van der Waals surface area (Å²) >= 11 is 1.72. The monoisotopic (exact) mass is 191 g/mol. The second-order valence-electron chi connectivity index (χ2n) is 2.57. The quantitative estimate of drug-likeness (QED) is 0.697. The summed E-state index contributed by atoms with van der Waals surface area (Å²) in [4.78, 5) is 5.37. The molecule has 0 amide bonds. The van der Waals surface area contributed by atoms with Crippen LogP contribution in [0.1, 0.15) is 5.69 Å². The molecule has 0 bridgehead atoms. The van der Waals surface area contributed by atoms with E-state index in [4.69, 9.17) is 4.42 Å². The molecule has 0 fully saturated rings. The Bertz CT molecular complexity index is 344. The number of furan rings is 1. The van der Waals surface area contributed by atoms with Gasteiger partial charge < -0.3 is 4.42 Å². The molecule has 0 aliphatic rings. The summed E-state index contributed by atoms with van der Waals surface area (Å²) in [6, 6.07) is 7.89. The van der Waals surface area contributed by atoms with Crippen molar-refractivity contribution in [1.29, 1.82) is 0 Å². The number of pyridine rings is 1. The smallest absolute Gasteiger partial charge is 0.104 e. The maximum atomic E-state index is 4.96. The number of rotatable bonds is 3. The third-order valence-corrected chi connectivity index (χ3v) is 2.61. The minimum atomic E-state index is 0.889. The van der Waals surface area contributed by atoms with Crippen LogP contribution in [0.4, 0.5) is 0 Å². The molecule has 0 radical (unpaired) electrons. The summed E-state index contributed by atoms with van der Waals surface area (Å²) in [7, 11) is 0. The van der Waals surface area contributed by atoms with Gasteiger partial charge in [-0.15, -0.1) is 11.8 Å². The first-order valence-electron chi connectivity index (χ1n) is 4.00. The van der Waals surface area contributed by atoms with E-state index in [1.54, 1.807) is 24.3 Å². The normalized spacial score (nSPS) is 10.2.